The first-order valence-corrected chi connectivity index (χ1v) is 7.35. The number of nitrogens with two attached hydrogens (primary N) is 1. The zero-order chi connectivity index (χ0) is 13.1. The van der Waals surface area contributed by atoms with Crippen molar-refractivity contribution in [3.8, 4) is 0 Å². The van der Waals surface area contributed by atoms with Gasteiger partial charge in [0.2, 0.25) is 0 Å². The van der Waals surface area contributed by atoms with Gasteiger partial charge in [-0.05, 0) is 55.4 Å². The average Bonchev–Trinajstić information content (AvgIpc) is 2.74. The molecule has 1 heterocycles. The maximum atomic E-state index is 5.72. The lowest BCUT2D eigenvalue weighted by Gasteiger charge is -2.30. The molecule has 0 amide bonds. The summed E-state index contributed by atoms with van der Waals surface area (Å²) in [7, 11) is 4.31. The second kappa shape index (κ2) is 5.83. The second-order valence-corrected chi connectivity index (χ2v) is 6.06. The van der Waals surface area contributed by atoms with Crippen molar-refractivity contribution in [1.82, 2.24) is 4.90 Å². The van der Waals surface area contributed by atoms with Gasteiger partial charge >= 0.3 is 0 Å². The molecular weight excluding hydrogens is 240 g/mol. The summed E-state index contributed by atoms with van der Waals surface area (Å²) in [6.07, 6.45) is 1.06. The Kier molecular flexibility index (Phi) is 4.38. The van der Waals surface area contributed by atoms with E-state index in [1.54, 1.807) is 0 Å². The van der Waals surface area contributed by atoms with E-state index in [2.05, 4.69) is 55.6 Å². The van der Waals surface area contributed by atoms with Crippen LogP contribution >= 0.6 is 11.3 Å². The summed E-state index contributed by atoms with van der Waals surface area (Å²) in [4.78, 5) is 2.31. The lowest BCUT2D eigenvalue weighted by Crippen LogP contribution is -2.27. The Morgan fingerprint density at radius 3 is 2.67 bits per heavy atom. The fraction of sp³-hybridized carbons (Fsp3) is 0.467. The third kappa shape index (κ3) is 2.58. The van der Waals surface area contributed by atoms with E-state index >= 15 is 0 Å². The molecule has 98 valence electrons. The van der Waals surface area contributed by atoms with Gasteiger partial charge in [-0.25, -0.2) is 0 Å². The van der Waals surface area contributed by atoms with Gasteiger partial charge < -0.3 is 10.6 Å². The van der Waals surface area contributed by atoms with Crippen LogP contribution in [0.25, 0.3) is 10.1 Å². The quantitative estimate of drug-likeness (QED) is 0.893. The molecule has 2 unspecified atom stereocenters. The minimum atomic E-state index is 0.449. The number of fused-ring (bicyclic) bond motifs is 1. The highest BCUT2D eigenvalue weighted by atomic mass is 32.1. The summed E-state index contributed by atoms with van der Waals surface area (Å²) in [5.41, 5.74) is 7.16. The minimum absolute atomic E-state index is 0.449. The van der Waals surface area contributed by atoms with Crippen LogP contribution in [-0.4, -0.2) is 25.5 Å². The molecule has 0 radical (unpaired) electrons. The summed E-state index contributed by atoms with van der Waals surface area (Å²) < 4.78 is 1.37. The SMILES string of the molecule is CC(CCN)C(c1csc2ccccc12)N(C)C. The topological polar surface area (TPSA) is 29.3 Å². The Labute approximate surface area is 113 Å². The summed E-state index contributed by atoms with van der Waals surface area (Å²) in [6.45, 7) is 3.05. The van der Waals surface area contributed by atoms with Gasteiger partial charge in [0, 0.05) is 10.7 Å². The lowest BCUT2D eigenvalue weighted by atomic mass is 9.91. The molecule has 3 heteroatoms. The molecule has 2 atom stereocenters. The van der Waals surface area contributed by atoms with Gasteiger partial charge in [0.25, 0.3) is 0 Å². The standard InChI is InChI=1S/C15H22N2S/c1-11(8-9-16)15(17(2)3)13-10-18-14-7-5-4-6-12(13)14/h4-7,10-11,15H,8-9,16H2,1-3H3. The van der Waals surface area contributed by atoms with E-state index in [-0.39, 0.29) is 0 Å². The van der Waals surface area contributed by atoms with Crippen LogP contribution in [0, 0.1) is 5.92 Å². The second-order valence-electron chi connectivity index (χ2n) is 5.15. The molecule has 0 aliphatic rings. The summed E-state index contributed by atoms with van der Waals surface area (Å²) in [5.74, 6) is 0.572. The van der Waals surface area contributed by atoms with Gasteiger partial charge in [-0.1, -0.05) is 25.1 Å². The number of hydrogen-bond donors (Lipinski definition) is 1. The first-order valence-electron chi connectivity index (χ1n) is 6.47. The van der Waals surface area contributed by atoms with E-state index in [0.717, 1.165) is 13.0 Å². The smallest absolute Gasteiger partial charge is 0.0382 e. The van der Waals surface area contributed by atoms with Crippen LogP contribution in [0.2, 0.25) is 0 Å². The van der Waals surface area contributed by atoms with Crippen molar-refractivity contribution >= 4 is 21.4 Å². The minimum Gasteiger partial charge on any atom is -0.330 e. The highest BCUT2D eigenvalue weighted by Crippen LogP contribution is 2.36. The number of thiophene rings is 1. The highest BCUT2D eigenvalue weighted by Gasteiger charge is 2.23. The largest absolute Gasteiger partial charge is 0.330 e. The molecule has 2 aromatic rings. The van der Waals surface area contributed by atoms with Crippen LogP contribution < -0.4 is 5.73 Å². The first-order chi connectivity index (χ1) is 8.65. The van der Waals surface area contributed by atoms with Gasteiger partial charge in [0.05, 0.1) is 0 Å². The first kappa shape index (κ1) is 13.5. The van der Waals surface area contributed by atoms with Crippen LogP contribution in [0.4, 0.5) is 0 Å². The lowest BCUT2D eigenvalue weighted by molar-refractivity contribution is 0.219. The molecule has 2 nitrogen and oxygen atoms in total. The van der Waals surface area contributed by atoms with E-state index < -0.39 is 0 Å². The van der Waals surface area contributed by atoms with Crippen molar-refractivity contribution in [1.29, 1.82) is 0 Å². The van der Waals surface area contributed by atoms with Crippen LogP contribution in [0.3, 0.4) is 0 Å². The summed E-state index contributed by atoms with van der Waals surface area (Å²) in [6, 6.07) is 9.11. The van der Waals surface area contributed by atoms with Crippen LogP contribution in [0.1, 0.15) is 24.9 Å². The van der Waals surface area contributed by atoms with Gasteiger partial charge in [0.15, 0.2) is 0 Å². The monoisotopic (exact) mass is 262 g/mol. The molecular formula is C15H22N2S. The van der Waals surface area contributed by atoms with E-state index in [1.165, 1.54) is 15.6 Å². The third-order valence-corrected chi connectivity index (χ3v) is 4.53. The zero-order valence-corrected chi connectivity index (χ0v) is 12.2. The summed E-state index contributed by atoms with van der Waals surface area (Å²) in [5, 5.41) is 3.70. The van der Waals surface area contributed by atoms with Gasteiger partial charge in [0.1, 0.15) is 0 Å². The molecule has 0 saturated carbocycles. The fourth-order valence-corrected chi connectivity index (χ4v) is 3.73. The van der Waals surface area contributed by atoms with Crippen molar-refractivity contribution in [3.05, 3.63) is 35.2 Å². The van der Waals surface area contributed by atoms with Crippen molar-refractivity contribution in [2.24, 2.45) is 11.7 Å². The predicted molar refractivity (Wildman–Crippen MR) is 81.1 cm³/mol. The number of hydrogen-bond acceptors (Lipinski definition) is 3. The summed E-state index contributed by atoms with van der Waals surface area (Å²) >= 11 is 1.84. The Hall–Kier alpha value is -0.900. The fourth-order valence-electron chi connectivity index (χ4n) is 2.74. The van der Waals surface area contributed by atoms with Crippen molar-refractivity contribution in [2.45, 2.75) is 19.4 Å². The molecule has 2 rings (SSSR count). The maximum Gasteiger partial charge on any atom is 0.0382 e. The number of nitrogens with zero attached hydrogens (tertiary/aromatic N) is 1. The van der Waals surface area contributed by atoms with Gasteiger partial charge in [-0.3, -0.25) is 0 Å². The van der Waals surface area contributed by atoms with Crippen molar-refractivity contribution < 1.29 is 0 Å². The normalized spacial score (nSPS) is 15.2. The number of benzene rings is 1. The van der Waals surface area contributed by atoms with Crippen molar-refractivity contribution in [2.75, 3.05) is 20.6 Å². The molecule has 18 heavy (non-hydrogen) atoms. The molecule has 0 bridgehead atoms. The van der Waals surface area contributed by atoms with Crippen LogP contribution in [-0.2, 0) is 0 Å². The van der Waals surface area contributed by atoms with E-state index in [1.807, 2.05) is 11.3 Å². The van der Waals surface area contributed by atoms with E-state index in [0.29, 0.717) is 12.0 Å². The van der Waals surface area contributed by atoms with Crippen LogP contribution in [0.15, 0.2) is 29.6 Å². The molecule has 0 fully saturated rings. The molecule has 0 saturated heterocycles. The maximum absolute atomic E-state index is 5.72. The molecule has 0 aliphatic carbocycles. The highest BCUT2D eigenvalue weighted by molar-refractivity contribution is 7.17. The Bertz CT molecular complexity index is 504. The van der Waals surface area contributed by atoms with Crippen LogP contribution in [0.5, 0.6) is 0 Å². The molecule has 1 aromatic heterocycles. The molecule has 1 aromatic carbocycles. The molecule has 0 aliphatic heterocycles. The Morgan fingerprint density at radius 2 is 2.00 bits per heavy atom. The molecule has 0 spiro atoms. The Balaban J connectivity index is 2.42. The third-order valence-electron chi connectivity index (χ3n) is 3.55. The Morgan fingerprint density at radius 1 is 1.28 bits per heavy atom. The van der Waals surface area contributed by atoms with Gasteiger partial charge in [-0.2, -0.15) is 0 Å². The van der Waals surface area contributed by atoms with E-state index in [9.17, 15) is 0 Å². The molecule has 2 N–H and O–H groups in total. The van der Waals surface area contributed by atoms with E-state index in [4.69, 9.17) is 5.73 Å². The van der Waals surface area contributed by atoms with Gasteiger partial charge in [-0.15, -0.1) is 11.3 Å². The number of rotatable bonds is 5. The zero-order valence-electron chi connectivity index (χ0n) is 11.4. The average molecular weight is 262 g/mol. The van der Waals surface area contributed by atoms with Crippen molar-refractivity contribution in [3.63, 3.8) is 0 Å². The predicted octanol–water partition coefficient (Wildman–Crippen LogP) is 3.49.